The Kier molecular flexibility index (Phi) is 6.17. The molecule has 0 aliphatic carbocycles. The van der Waals surface area contributed by atoms with Crippen LogP contribution in [0.4, 0.5) is 0 Å². The molecule has 0 saturated carbocycles. The Labute approximate surface area is 215 Å². The van der Waals surface area contributed by atoms with E-state index < -0.39 is 5.79 Å². The van der Waals surface area contributed by atoms with Gasteiger partial charge in [-0.05, 0) is 65.6 Å². The first-order chi connectivity index (χ1) is 17.6. The highest BCUT2D eigenvalue weighted by Crippen LogP contribution is 2.38. The van der Waals surface area contributed by atoms with Crippen molar-refractivity contribution in [2.24, 2.45) is 0 Å². The van der Waals surface area contributed by atoms with Gasteiger partial charge in [0.05, 0.1) is 6.61 Å². The van der Waals surface area contributed by atoms with Crippen LogP contribution in [0.2, 0.25) is 5.02 Å². The SMILES string of the molecule is O=C(NCCc1c[nH]c2ccc(Cl)cc12)c1cccc(-c2ccc3c(c2)COC2(CCNCC2)O3)c1. The van der Waals surface area contributed by atoms with Crippen molar-refractivity contribution in [3.8, 4) is 16.9 Å². The number of benzene rings is 3. The number of fused-ring (bicyclic) bond motifs is 2. The zero-order valence-corrected chi connectivity index (χ0v) is 20.7. The quantitative estimate of drug-likeness (QED) is 0.340. The van der Waals surface area contributed by atoms with Crippen LogP contribution >= 0.6 is 11.6 Å². The van der Waals surface area contributed by atoms with Crippen LogP contribution in [0.15, 0.2) is 66.9 Å². The maximum Gasteiger partial charge on any atom is 0.251 e. The average Bonchev–Trinajstić information content (AvgIpc) is 3.31. The molecule has 0 atom stereocenters. The summed E-state index contributed by atoms with van der Waals surface area (Å²) in [5.41, 5.74) is 5.86. The van der Waals surface area contributed by atoms with E-state index >= 15 is 0 Å². The topological polar surface area (TPSA) is 75.4 Å². The number of halogens is 1. The highest BCUT2D eigenvalue weighted by molar-refractivity contribution is 6.31. The summed E-state index contributed by atoms with van der Waals surface area (Å²) in [6.45, 7) is 2.87. The summed E-state index contributed by atoms with van der Waals surface area (Å²) in [5.74, 6) is 0.294. The van der Waals surface area contributed by atoms with Crippen LogP contribution in [0.5, 0.6) is 5.75 Å². The first kappa shape index (κ1) is 23.1. The molecule has 6 rings (SSSR count). The van der Waals surface area contributed by atoms with Crippen LogP contribution in [-0.4, -0.2) is 36.3 Å². The molecule has 1 fully saturated rings. The number of hydrogen-bond donors (Lipinski definition) is 3. The molecule has 0 bridgehead atoms. The minimum absolute atomic E-state index is 0.0906. The third kappa shape index (κ3) is 4.60. The van der Waals surface area contributed by atoms with Crippen LogP contribution in [0.3, 0.4) is 0 Å². The van der Waals surface area contributed by atoms with Gasteiger partial charge in [-0.25, -0.2) is 0 Å². The van der Waals surface area contributed by atoms with Gasteiger partial charge in [0.15, 0.2) is 0 Å². The predicted octanol–water partition coefficient (Wildman–Crippen LogP) is 5.45. The second-order valence-corrected chi connectivity index (χ2v) is 9.90. The molecule has 1 saturated heterocycles. The van der Waals surface area contributed by atoms with Crippen molar-refractivity contribution in [2.75, 3.05) is 19.6 Å². The molecule has 2 aliphatic rings. The Hall–Kier alpha value is -3.32. The van der Waals surface area contributed by atoms with E-state index in [9.17, 15) is 4.79 Å². The lowest BCUT2D eigenvalue weighted by atomic mass is 9.98. The number of carbonyl (C=O) groups excluding carboxylic acids is 1. The molecular weight excluding hydrogens is 474 g/mol. The van der Waals surface area contributed by atoms with Gasteiger partial charge in [0, 0.05) is 65.7 Å². The minimum atomic E-state index is -0.503. The number of nitrogens with one attached hydrogen (secondary N) is 3. The van der Waals surface area contributed by atoms with Crippen molar-refractivity contribution in [1.82, 2.24) is 15.6 Å². The van der Waals surface area contributed by atoms with E-state index in [1.807, 2.05) is 54.7 Å². The van der Waals surface area contributed by atoms with Crippen molar-refractivity contribution < 1.29 is 14.3 Å². The number of amides is 1. The molecule has 2 aliphatic heterocycles. The Balaban J connectivity index is 1.13. The van der Waals surface area contributed by atoms with E-state index in [4.69, 9.17) is 21.1 Å². The van der Waals surface area contributed by atoms with Gasteiger partial charge in [-0.2, -0.15) is 0 Å². The summed E-state index contributed by atoms with van der Waals surface area (Å²) in [6.07, 6.45) is 4.39. The molecule has 4 aromatic rings. The third-order valence-corrected chi connectivity index (χ3v) is 7.32. The van der Waals surface area contributed by atoms with Crippen LogP contribution in [0.1, 0.15) is 34.3 Å². The molecule has 1 amide bonds. The van der Waals surface area contributed by atoms with Crippen molar-refractivity contribution in [2.45, 2.75) is 31.7 Å². The zero-order valence-electron chi connectivity index (χ0n) is 19.9. The van der Waals surface area contributed by atoms with Crippen LogP contribution < -0.4 is 15.4 Å². The molecule has 0 unspecified atom stereocenters. The Bertz CT molecular complexity index is 1420. The Morgan fingerprint density at radius 2 is 1.89 bits per heavy atom. The van der Waals surface area contributed by atoms with E-state index in [2.05, 4.69) is 27.8 Å². The fourth-order valence-electron chi connectivity index (χ4n) is 5.07. The molecule has 3 heterocycles. The van der Waals surface area contributed by atoms with Gasteiger partial charge < -0.3 is 25.1 Å². The molecule has 184 valence electrons. The average molecular weight is 502 g/mol. The number of rotatable bonds is 5. The van der Waals surface area contributed by atoms with Gasteiger partial charge >= 0.3 is 0 Å². The number of carbonyl (C=O) groups is 1. The maximum atomic E-state index is 12.9. The largest absolute Gasteiger partial charge is 0.462 e. The van der Waals surface area contributed by atoms with E-state index in [0.717, 1.165) is 64.8 Å². The Morgan fingerprint density at radius 3 is 2.78 bits per heavy atom. The number of hydrogen-bond acceptors (Lipinski definition) is 4. The number of aromatic amines is 1. The van der Waals surface area contributed by atoms with E-state index in [0.29, 0.717) is 30.2 Å². The predicted molar refractivity (Wildman–Crippen MR) is 141 cm³/mol. The first-order valence-electron chi connectivity index (χ1n) is 12.4. The molecular formula is C29H28ClN3O3. The smallest absolute Gasteiger partial charge is 0.251 e. The standard InChI is InChI=1S/C29H28ClN3O3/c30-24-5-6-26-25(16-24)22(17-33-26)8-11-32-28(34)21-3-1-2-19(14-21)20-4-7-27-23(15-20)18-35-29(36-27)9-12-31-13-10-29/h1-7,14-17,31,33H,8-13,18H2,(H,32,34). The lowest BCUT2D eigenvalue weighted by molar-refractivity contribution is -0.218. The molecule has 36 heavy (non-hydrogen) atoms. The summed E-state index contributed by atoms with van der Waals surface area (Å²) in [6, 6.07) is 19.7. The van der Waals surface area contributed by atoms with Gasteiger partial charge in [-0.15, -0.1) is 0 Å². The third-order valence-electron chi connectivity index (χ3n) is 7.08. The summed E-state index contributed by atoms with van der Waals surface area (Å²) in [5, 5.41) is 8.19. The molecule has 6 nitrogen and oxygen atoms in total. The molecule has 1 spiro atoms. The summed E-state index contributed by atoms with van der Waals surface area (Å²) >= 11 is 6.15. The summed E-state index contributed by atoms with van der Waals surface area (Å²) in [7, 11) is 0. The van der Waals surface area contributed by atoms with Crippen molar-refractivity contribution in [1.29, 1.82) is 0 Å². The minimum Gasteiger partial charge on any atom is -0.462 e. The lowest BCUT2D eigenvalue weighted by Crippen LogP contribution is -2.49. The van der Waals surface area contributed by atoms with Gasteiger partial charge in [0.25, 0.3) is 5.91 Å². The van der Waals surface area contributed by atoms with Gasteiger partial charge in [0.2, 0.25) is 5.79 Å². The first-order valence-corrected chi connectivity index (χ1v) is 12.8. The van der Waals surface area contributed by atoms with E-state index in [1.165, 1.54) is 0 Å². The van der Waals surface area contributed by atoms with E-state index in [-0.39, 0.29) is 5.91 Å². The molecule has 7 heteroatoms. The second-order valence-electron chi connectivity index (χ2n) is 9.46. The van der Waals surface area contributed by atoms with Crippen molar-refractivity contribution >= 4 is 28.4 Å². The number of piperidine rings is 1. The molecule has 3 aromatic carbocycles. The highest BCUT2D eigenvalue weighted by Gasteiger charge is 2.38. The molecule has 1 aromatic heterocycles. The van der Waals surface area contributed by atoms with Gasteiger partial charge in [-0.3, -0.25) is 4.79 Å². The fraction of sp³-hybridized carbons (Fsp3) is 0.276. The van der Waals surface area contributed by atoms with Gasteiger partial charge in [0.1, 0.15) is 5.75 Å². The Morgan fingerprint density at radius 1 is 1.03 bits per heavy atom. The van der Waals surface area contributed by atoms with Crippen molar-refractivity contribution in [3.05, 3.63) is 88.6 Å². The molecule has 0 radical (unpaired) electrons. The number of ether oxygens (including phenoxy) is 2. The lowest BCUT2D eigenvalue weighted by Gasteiger charge is -2.41. The van der Waals surface area contributed by atoms with E-state index in [1.54, 1.807) is 0 Å². The number of aromatic nitrogens is 1. The highest BCUT2D eigenvalue weighted by atomic mass is 35.5. The zero-order chi connectivity index (χ0) is 24.5. The monoisotopic (exact) mass is 501 g/mol. The van der Waals surface area contributed by atoms with Crippen LogP contribution in [-0.2, 0) is 17.8 Å². The van der Waals surface area contributed by atoms with Gasteiger partial charge in [-0.1, -0.05) is 29.8 Å². The summed E-state index contributed by atoms with van der Waals surface area (Å²) < 4.78 is 12.4. The van der Waals surface area contributed by atoms with Crippen molar-refractivity contribution in [3.63, 3.8) is 0 Å². The molecule has 3 N–H and O–H groups in total. The fourth-order valence-corrected chi connectivity index (χ4v) is 5.25. The number of H-pyrrole nitrogens is 1. The van der Waals surface area contributed by atoms with Crippen LogP contribution in [0, 0.1) is 0 Å². The second kappa shape index (κ2) is 9.62. The maximum absolute atomic E-state index is 12.9. The summed E-state index contributed by atoms with van der Waals surface area (Å²) in [4.78, 5) is 16.2. The van der Waals surface area contributed by atoms with Crippen LogP contribution in [0.25, 0.3) is 22.0 Å². The normalized spacial score (nSPS) is 16.5.